The normalized spacial score (nSPS) is 11.1. The van der Waals surface area contributed by atoms with E-state index in [1.807, 2.05) is 90.3 Å². The second kappa shape index (κ2) is 8.69. The van der Waals surface area contributed by atoms with Gasteiger partial charge in [0.05, 0.1) is 13.0 Å². The molecule has 0 bridgehead atoms. The van der Waals surface area contributed by atoms with Crippen LogP contribution < -0.4 is 10.1 Å². The Morgan fingerprint density at radius 1 is 0.969 bits per heavy atom. The first-order valence-corrected chi connectivity index (χ1v) is 11.0. The molecule has 6 heteroatoms. The van der Waals surface area contributed by atoms with Crippen LogP contribution >= 0.6 is 11.3 Å². The molecule has 2 heterocycles. The molecule has 5 aromatic rings. The van der Waals surface area contributed by atoms with Crippen LogP contribution in [-0.4, -0.2) is 18.0 Å². The number of methoxy groups -OCH3 is 1. The smallest absolute Gasteiger partial charge is 0.238 e. The summed E-state index contributed by atoms with van der Waals surface area (Å²) in [4.78, 5) is 17.9. The number of aromatic nitrogens is 1. The molecular formula is C26H20N2O3S. The van der Waals surface area contributed by atoms with Crippen molar-refractivity contribution in [1.82, 2.24) is 4.98 Å². The summed E-state index contributed by atoms with van der Waals surface area (Å²) in [6.45, 7) is 0. The van der Waals surface area contributed by atoms with Gasteiger partial charge in [0.15, 0.2) is 22.2 Å². The molecule has 0 saturated heterocycles. The van der Waals surface area contributed by atoms with Crippen molar-refractivity contribution in [2.45, 2.75) is 5.92 Å². The molecule has 0 fully saturated rings. The SMILES string of the molecule is COc1cccc2cc(-c3csc(NC(=O)C(c4ccccc4)c4ccccc4)n3)oc12. The number of furan rings is 1. The van der Waals surface area contributed by atoms with E-state index in [0.717, 1.165) is 16.5 Å². The monoisotopic (exact) mass is 440 g/mol. The molecular weight excluding hydrogens is 420 g/mol. The number of fused-ring (bicyclic) bond motifs is 1. The highest BCUT2D eigenvalue weighted by Gasteiger charge is 2.24. The Morgan fingerprint density at radius 2 is 1.66 bits per heavy atom. The van der Waals surface area contributed by atoms with E-state index in [1.165, 1.54) is 11.3 Å². The van der Waals surface area contributed by atoms with Crippen molar-refractivity contribution in [3.8, 4) is 17.2 Å². The molecule has 0 saturated carbocycles. The number of ether oxygens (including phenoxy) is 1. The number of nitrogens with zero attached hydrogens (tertiary/aromatic N) is 1. The van der Waals surface area contributed by atoms with Gasteiger partial charge in [-0.3, -0.25) is 4.79 Å². The Bertz CT molecular complexity index is 1320. The fourth-order valence-electron chi connectivity index (χ4n) is 3.73. The van der Waals surface area contributed by atoms with Crippen molar-refractivity contribution in [2.75, 3.05) is 12.4 Å². The van der Waals surface area contributed by atoms with Gasteiger partial charge in [-0.05, 0) is 23.3 Å². The summed E-state index contributed by atoms with van der Waals surface area (Å²) in [6, 6.07) is 27.2. The Kier molecular flexibility index (Phi) is 5.44. The maximum atomic E-state index is 13.3. The van der Waals surface area contributed by atoms with Crippen LogP contribution in [0, 0.1) is 0 Å². The number of anilines is 1. The van der Waals surface area contributed by atoms with E-state index in [9.17, 15) is 4.79 Å². The summed E-state index contributed by atoms with van der Waals surface area (Å²) in [6.07, 6.45) is 0. The van der Waals surface area contributed by atoms with Crippen LogP contribution in [0.2, 0.25) is 0 Å². The Balaban J connectivity index is 1.42. The maximum absolute atomic E-state index is 13.3. The van der Waals surface area contributed by atoms with Crippen molar-refractivity contribution >= 4 is 33.3 Å². The number of carbonyl (C=O) groups is 1. The van der Waals surface area contributed by atoms with E-state index < -0.39 is 5.92 Å². The second-order valence-corrected chi connectivity index (χ2v) is 8.13. The van der Waals surface area contributed by atoms with Crippen molar-refractivity contribution in [3.05, 3.63) is 101 Å². The molecule has 0 radical (unpaired) electrons. The summed E-state index contributed by atoms with van der Waals surface area (Å²) < 4.78 is 11.4. The van der Waals surface area contributed by atoms with Crippen LogP contribution in [0.1, 0.15) is 17.0 Å². The topological polar surface area (TPSA) is 64.4 Å². The van der Waals surface area contributed by atoms with Gasteiger partial charge in [-0.25, -0.2) is 4.98 Å². The van der Waals surface area contributed by atoms with Gasteiger partial charge < -0.3 is 14.5 Å². The maximum Gasteiger partial charge on any atom is 0.238 e. The molecule has 1 N–H and O–H groups in total. The van der Waals surface area contributed by atoms with Crippen LogP contribution in [0.15, 0.2) is 94.7 Å². The highest BCUT2D eigenvalue weighted by molar-refractivity contribution is 7.14. The number of hydrogen-bond donors (Lipinski definition) is 1. The Hall–Kier alpha value is -3.90. The van der Waals surface area contributed by atoms with Gasteiger partial charge in [0.1, 0.15) is 5.69 Å². The molecule has 2 aromatic heterocycles. The molecule has 5 nitrogen and oxygen atoms in total. The minimum absolute atomic E-state index is 0.130. The predicted molar refractivity (Wildman–Crippen MR) is 127 cm³/mol. The van der Waals surface area contributed by atoms with E-state index in [1.54, 1.807) is 7.11 Å². The van der Waals surface area contributed by atoms with Gasteiger partial charge in [-0.15, -0.1) is 11.3 Å². The molecule has 0 aliphatic heterocycles. The van der Waals surface area contributed by atoms with Gasteiger partial charge in [0, 0.05) is 10.8 Å². The molecule has 1 amide bonds. The summed E-state index contributed by atoms with van der Waals surface area (Å²) in [5.74, 6) is 0.741. The van der Waals surface area contributed by atoms with Gasteiger partial charge >= 0.3 is 0 Å². The highest BCUT2D eigenvalue weighted by atomic mass is 32.1. The molecule has 0 aliphatic carbocycles. The number of para-hydroxylation sites is 1. The molecule has 32 heavy (non-hydrogen) atoms. The summed E-state index contributed by atoms with van der Waals surface area (Å²) in [7, 11) is 1.61. The zero-order chi connectivity index (χ0) is 21.9. The van der Waals surface area contributed by atoms with Crippen molar-refractivity contribution in [1.29, 1.82) is 0 Å². The van der Waals surface area contributed by atoms with E-state index in [-0.39, 0.29) is 5.91 Å². The van der Waals surface area contributed by atoms with E-state index in [4.69, 9.17) is 9.15 Å². The lowest BCUT2D eigenvalue weighted by atomic mass is 9.90. The van der Waals surface area contributed by atoms with Crippen LogP contribution in [0.4, 0.5) is 5.13 Å². The van der Waals surface area contributed by atoms with E-state index in [0.29, 0.717) is 27.9 Å². The molecule has 0 unspecified atom stereocenters. The second-order valence-electron chi connectivity index (χ2n) is 7.27. The fourth-order valence-corrected chi connectivity index (χ4v) is 4.43. The zero-order valence-corrected chi connectivity index (χ0v) is 18.1. The molecule has 5 rings (SSSR count). The number of carbonyl (C=O) groups excluding carboxylic acids is 1. The largest absolute Gasteiger partial charge is 0.493 e. The molecule has 3 aromatic carbocycles. The summed E-state index contributed by atoms with van der Waals surface area (Å²) >= 11 is 1.37. The van der Waals surface area contributed by atoms with Gasteiger partial charge in [0.2, 0.25) is 5.91 Å². The lowest BCUT2D eigenvalue weighted by Gasteiger charge is -2.17. The van der Waals surface area contributed by atoms with Crippen LogP contribution in [0.5, 0.6) is 5.75 Å². The van der Waals surface area contributed by atoms with E-state index in [2.05, 4.69) is 10.3 Å². The molecule has 0 atom stereocenters. The minimum Gasteiger partial charge on any atom is -0.493 e. The molecule has 158 valence electrons. The number of nitrogens with one attached hydrogen (secondary N) is 1. The first-order valence-electron chi connectivity index (χ1n) is 10.2. The summed E-state index contributed by atoms with van der Waals surface area (Å²) in [5, 5.41) is 6.32. The lowest BCUT2D eigenvalue weighted by Crippen LogP contribution is -2.22. The average Bonchev–Trinajstić information content (AvgIpc) is 3.47. The van der Waals surface area contributed by atoms with Gasteiger partial charge in [0.25, 0.3) is 0 Å². The third-order valence-electron chi connectivity index (χ3n) is 5.24. The number of amides is 1. The zero-order valence-electron chi connectivity index (χ0n) is 17.3. The predicted octanol–water partition coefficient (Wildman–Crippen LogP) is 6.34. The van der Waals surface area contributed by atoms with Gasteiger partial charge in [-0.2, -0.15) is 0 Å². The Morgan fingerprint density at radius 3 is 2.31 bits per heavy atom. The third-order valence-corrected chi connectivity index (χ3v) is 6.00. The van der Waals surface area contributed by atoms with Crippen molar-refractivity contribution in [3.63, 3.8) is 0 Å². The van der Waals surface area contributed by atoms with Crippen molar-refractivity contribution in [2.24, 2.45) is 0 Å². The number of hydrogen-bond acceptors (Lipinski definition) is 5. The Labute approximate surface area is 189 Å². The quantitative estimate of drug-likeness (QED) is 0.335. The number of benzene rings is 3. The average molecular weight is 441 g/mol. The first-order chi connectivity index (χ1) is 15.7. The van der Waals surface area contributed by atoms with Crippen LogP contribution in [-0.2, 0) is 4.79 Å². The minimum atomic E-state index is -0.430. The highest BCUT2D eigenvalue weighted by Crippen LogP contribution is 2.35. The van der Waals surface area contributed by atoms with Crippen LogP contribution in [0.25, 0.3) is 22.4 Å². The number of rotatable bonds is 6. The molecule has 0 aliphatic rings. The van der Waals surface area contributed by atoms with E-state index >= 15 is 0 Å². The standard InChI is InChI=1S/C26H20N2O3S/c1-30-21-14-8-13-19-15-22(31-24(19)21)20-16-32-26(27-20)28-25(29)23(17-9-4-2-5-10-17)18-11-6-3-7-12-18/h2-16,23H,1H3,(H,27,28,29). The summed E-state index contributed by atoms with van der Waals surface area (Å²) in [5.41, 5.74) is 3.20. The third kappa shape index (κ3) is 3.88. The first kappa shape index (κ1) is 20.0. The number of thiazole rings is 1. The fraction of sp³-hybridized carbons (Fsp3) is 0.0769. The molecule has 0 spiro atoms. The lowest BCUT2D eigenvalue weighted by molar-refractivity contribution is -0.116. The van der Waals surface area contributed by atoms with Crippen LogP contribution in [0.3, 0.4) is 0 Å². The van der Waals surface area contributed by atoms with Crippen molar-refractivity contribution < 1.29 is 13.9 Å². The van der Waals surface area contributed by atoms with Gasteiger partial charge in [-0.1, -0.05) is 72.8 Å².